The Balaban J connectivity index is 2.12. The maximum Gasteiger partial charge on any atom is 0.0974 e. The first-order chi connectivity index (χ1) is 10.6. The number of aliphatic hydroxyl groups is 4. The highest BCUT2D eigenvalue weighted by Crippen LogP contribution is 2.20. The molecule has 0 aromatic carbocycles. The molecule has 0 amide bonds. The van der Waals surface area contributed by atoms with Gasteiger partial charge in [0.25, 0.3) is 0 Å². The lowest BCUT2D eigenvalue weighted by atomic mass is 9.89. The molecule has 5 atom stereocenters. The van der Waals surface area contributed by atoms with Crippen LogP contribution in [0.15, 0.2) is 0 Å². The summed E-state index contributed by atoms with van der Waals surface area (Å²) in [5.74, 6) is 0. The van der Waals surface area contributed by atoms with E-state index in [-0.39, 0.29) is 18.8 Å². The molecule has 1 aliphatic rings. The van der Waals surface area contributed by atoms with Gasteiger partial charge < -0.3 is 25.7 Å². The third-order valence-electron chi connectivity index (χ3n) is 4.68. The predicted molar refractivity (Wildman–Crippen MR) is 87.7 cm³/mol. The van der Waals surface area contributed by atoms with Crippen molar-refractivity contribution in [1.82, 2.24) is 5.32 Å². The fraction of sp³-hybridized carbons (Fsp3) is 1.00. The van der Waals surface area contributed by atoms with Gasteiger partial charge in [0, 0.05) is 6.04 Å². The molecule has 5 heteroatoms. The molecule has 0 spiro atoms. The highest BCUT2D eigenvalue weighted by Gasteiger charge is 2.35. The summed E-state index contributed by atoms with van der Waals surface area (Å²) in [5, 5.41) is 41.9. The van der Waals surface area contributed by atoms with Gasteiger partial charge in [0.05, 0.1) is 31.0 Å². The Morgan fingerprint density at radius 3 is 2.32 bits per heavy atom. The molecule has 22 heavy (non-hydrogen) atoms. The second-order valence-electron chi connectivity index (χ2n) is 6.75. The van der Waals surface area contributed by atoms with E-state index in [1.165, 1.54) is 38.5 Å². The van der Waals surface area contributed by atoms with Crippen molar-refractivity contribution < 1.29 is 20.4 Å². The molecule has 0 aromatic heterocycles. The van der Waals surface area contributed by atoms with E-state index in [1.807, 2.05) is 0 Å². The second-order valence-corrected chi connectivity index (χ2v) is 6.75. The van der Waals surface area contributed by atoms with Crippen molar-refractivity contribution in [2.24, 2.45) is 0 Å². The Morgan fingerprint density at radius 1 is 1.05 bits per heavy atom. The first kappa shape index (κ1) is 19.8. The minimum absolute atomic E-state index is 0.0462. The number of hydrogen-bond donors (Lipinski definition) is 5. The van der Waals surface area contributed by atoms with Gasteiger partial charge in [-0.3, -0.25) is 0 Å². The van der Waals surface area contributed by atoms with Gasteiger partial charge in [-0.25, -0.2) is 0 Å². The zero-order chi connectivity index (χ0) is 16.4. The molecule has 0 aliphatic carbocycles. The van der Waals surface area contributed by atoms with Crippen LogP contribution in [0.25, 0.3) is 0 Å². The van der Waals surface area contributed by atoms with Crippen LogP contribution in [-0.2, 0) is 0 Å². The third kappa shape index (κ3) is 7.38. The molecule has 0 bridgehead atoms. The van der Waals surface area contributed by atoms with Gasteiger partial charge in [-0.15, -0.1) is 0 Å². The number of nitrogens with one attached hydrogen (secondary N) is 1. The summed E-state index contributed by atoms with van der Waals surface area (Å²) in [7, 11) is 0. The van der Waals surface area contributed by atoms with Gasteiger partial charge in [-0.05, 0) is 19.3 Å². The molecule has 1 heterocycles. The average Bonchev–Trinajstić information content (AvgIpc) is 2.49. The zero-order valence-corrected chi connectivity index (χ0v) is 14.0. The SMILES string of the molecule is CCCCCCCCC[C@H](O)C[C@H]1C[C@H](O)[C@@H](O)[C@@H](CO)N1. The summed E-state index contributed by atoms with van der Waals surface area (Å²) in [5.41, 5.74) is 0. The van der Waals surface area contributed by atoms with Crippen molar-refractivity contribution in [3.8, 4) is 0 Å². The largest absolute Gasteiger partial charge is 0.395 e. The van der Waals surface area contributed by atoms with E-state index in [0.29, 0.717) is 12.8 Å². The monoisotopic (exact) mass is 317 g/mol. The van der Waals surface area contributed by atoms with Crippen LogP contribution < -0.4 is 5.32 Å². The van der Waals surface area contributed by atoms with E-state index < -0.39 is 18.2 Å². The van der Waals surface area contributed by atoms with Crippen molar-refractivity contribution in [1.29, 1.82) is 0 Å². The molecule has 1 aliphatic heterocycles. The lowest BCUT2D eigenvalue weighted by molar-refractivity contribution is -0.0559. The summed E-state index contributed by atoms with van der Waals surface area (Å²) >= 11 is 0. The minimum Gasteiger partial charge on any atom is -0.395 e. The molecular weight excluding hydrogens is 282 g/mol. The Morgan fingerprint density at radius 2 is 1.68 bits per heavy atom. The predicted octanol–water partition coefficient (Wildman–Crippen LogP) is 1.32. The highest BCUT2D eigenvalue weighted by atomic mass is 16.3. The molecule has 1 saturated heterocycles. The average molecular weight is 317 g/mol. The second kappa shape index (κ2) is 11.4. The normalized spacial score (nSPS) is 30.4. The topological polar surface area (TPSA) is 93.0 Å². The minimum atomic E-state index is -0.929. The van der Waals surface area contributed by atoms with Gasteiger partial charge >= 0.3 is 0 Å². The Hall–Kier alpha value is -0.200. The number of rotatable bonds is 11. The van der Waals surface area contributed by atoms with Crippen molar-refractivity contribution in [2.45, 2.75) is 102 Å². The van der Waals surface area contributed by atoms with Crippen LogP contribution >= 0.6 is 0 Å². The summed E-state index contributed by atoms with van der Waals surface area (Å²) in [6, 6.07) is -0.547. The number of unbranched alkanes of at least 4 members (excludes halogenated alkanes) is 6. The number of piperidine rings is 1. The van der Waals surface area contributed by atoms with Crippen molar-refractivity contribution in [3.05, 3.63) is 0 Å². The summed E-state index contributed by atoms with van der Waals surface area (Å²) in [4.78, 5) is 0. The molecule has 0 aromatic rings. The van der Waals surface area contributed by atoms with Crippen LogP contribution in [0.2, 0.25) is 0 Å². The van der Waals surface area contributed by atoms with Crippen molar-refractivity contribution >= 4 is 0 Å². The Kier molecular flexibility index (Phi) is 10.2. The van der Waals surface area contributed by atoms with E-state index >= 15 is 0 Å². The molecule has 0 unspecified atom stereocenters. The van der Waals surface area contributed by atoms with E-state index in [9.17, 15) is 20.4 Å². The lowest BCUT2D eigenvalue weighted by Crippen LogP contribution is -2.59. The van der Waals surface area contributed by atoms with Gasteiger partial charge in [-0.2, -0.15) is 0 Å². The summed E-state index contributed by atoms with van der Waals surface area (Å²) < 4.78 is 0. The molecule has 5 nitrogen and oxygen atoms in total. The van der Waals surface area contributed by atoms with Crippen LogP contribution in [-0.4, -0.2) is 57.4 Å². The van der Waals surface area contributed by atoms with Crippen LogP contribution in [0, 0.1) is 0 Å². The van der Waals surface area contributed by atoms with Gasteiger partial charge in [-0.1, -0.05) is 51.9 Å². The van der Waals surface area contributed by atoms with Crippen molar-refractivity contribution in [2.75, 3.05) is 6.61 Å². The van der Waals surface area contributed by atoms with Crippen LogP contribution in [0.1, 0.15) is 71.1 Å². The van der Waals surface area contributed by atoms with Gasteiger partial charge in [0.15, 0.2) is 0 Å². The van der Waals surface area contributed by atoms with Gasteiger partial charge in [0.2, 0.25) is 0 Å². The van der Waals surface area contributed by atoms with Gasteiger partial charge in [0.1, 0.15) is 0 Å². The number of aliphatic hydroxyl groups excluding tert-OH is 4. The maximum absolute atomic E-state index is 10.1. The van der Waals surface area contributed by atoms with Crippen molar-refractivity contribution in [3.63, 3.8) is 0 Å². The molecule has 0 radical (unpaired) electrons. The van der Waals surface area contributed by atoms with Crippen LogP contribution in [0.5, 0.6) is 0 Å². The van der Waals surface area contributed by atoms with E-state index in [2.05, 4.69) is 12.2 Å². The molecule has 5 N–H and O–H groups in total. The third-order valence-corrected chi connectivity index (χ3v) is 4.68. The quantitative estimate of drug-likeness (QED) is 0.371. The summed E-state index contributed by atoms with van der Waals surface area (Å²) in [6.07, 6.45) is 8.27. The molecule has 1 fully saturated rings. The molecule has 132 valence electrons. The Labute approximate surface area is 134 Å². The molecular formula is C17H35NO4. The fourth-order valence-electron chi connectivity index (χ4n) is 3.28. The fourth-order valence-corrected chi connectivity index (χ4v) is 3.28. The standard InChI is InChI=1S/C17H35NO4/c1-2-3-4-5-6-7-8-9-14(20)10-13-11-16(21)17(22)15(12-19)18-13/h13-22H,2-12H2,1H3/t13-,14-,15+,16-,17-/m0/s1. The molecule has 0 saturated carbocycles. The van der Waals surface area contributed by atoms with E-state index in [0.717, 1.165) is 12.8 Å². The molecule has 1 rings (SSSR count). The van der Waals surface area contributed by atoms with E-state index in [4.69, 9.17) is 0 Å². The maximum atomic E-state index is 10.1. The van der Waals surface area contributed by atoms with Crippen LogP contribution in [0.4, 0.5) is 0 Å². The lowest BCUT2D eigenvalue weighted by Gasteiger charge is -2.38. The first-order valence-corrected chi connectivity index (χ1v) is 8.99. The summed E-state index contributed by atoms with van der Waals surface area (Å²) in [6.45, 7) is 2.01. The van der Waals surface area contributed by atoms with E-state index in [1.54, 1.807) is 0 Å². The van der Waals surface area contributed by atoms with Crippen LogP contribution in [0.3, 0.4) is 0 Å². The highest BCUT2D eigenvalue weighted by molar-refractivity contribution is 4.92. The number of hydrogen-bond acceptors (Lipinski definition) is 5. The smallest absolute Gasteiger partial charge is 0.0974 e. The zero-order valence-electron chi connectivity index (χ0n) is 14.0. The Bertz CT molecular complexity index is 277. The first-order valence-electron chi connectivity index (χ1n) is 8.99.